The standard InChI is InChI=1S/C21H30O/c1-3-5-16-22-17-21-14-12-20(13-15-21)11-10-19-8-6-18(4-2)7-9-19/h4,10-15,18-19H,2-3,5-9,16-17H2,1H3/t18-,19-. The first-order valence-electron chi connectivity index (χ1n) is 8.79. The number of allylic oxidation sites excluding steroid dienone is 2. The third-order valence-corrected chi connectivity index (χ3v) is 4.60. The molecular formula is C21H30O. The molecule has 0 radical (unpaired) electrons. The molecule has 0 bridgehead atoms. The maximum atomic E-state index is 5.65. The zero-order valence-corrected chi connectivity index (χ0v) is 14.0. The SMILES string of the molecule is C=C[C@H]1CC[C@H](C=Cc2ccc(COCCCC)cc2)CC1. The van der Waals surface area contributed by atoms with Crippen molar-refractivity contribution in [1.82, 2.24) is 0 Å². The van der Waals surface area contributed by atoms with Gasteiger partial charge in [-0.3, -0.25) is 0 Å². The van der Waals surface area contributed by atoms with Crippen LogP contribution in [0.2, 0.25) is 0 Å². The van der Waals surface area contributed by atoms with E-state index < -0.39 is 0 Å². The highest BCUT2D eigenvalue weighted by molar-refractivity contribution is 5.50. The summed E-state index contributed by atoms with van der Waals surface area (Å²) in [6, 6.07) is 8.76. The van der Waals surface area contributed by atoms with Crippen molar-refractivity contribution in [3.63, 3.8) is 0 Å². The number of hydrogen-bond acceptors (Lipinski definition) is 1. The van der Waals surface area contributed by atoms with E-state index in [1.54, 1.807) is 0 Å². The maximum absolute atomic E-state index is 5.65. The zero-order valence-electron chi connectivity index (χ0n) is 14.0. The largest absolute Gasteiger partial charge is 0.377 e. The fraction of sp³-hybridized carbons (Fsp3) is 0.524. The Morgan fingerprint density at radius 3 is 2.41 bits per heavy atom. The first kappa shape index (κ1) is 17.0. The average molecular weight is 298 g/mol. The molecule has 0 unspecified atom stereocenters. The van der Waals surface area contributed by atoms with E-state index in [-0.39, 0.29) is 0 Å². The van der Waals surface area contributed by atoms with E-state index >= 15 is 0 Å². The molecule has 0 spiro atoms. The quantitative estimate of drug-likeness (QED) is 0.422. The lowest BCUT2D eigenvalue weighted by Gasteiger charge is -2.24. The molecule has 1 aromatic carbocycles. The highest BCUT2D eigenvalue weighted by Gasteiger charge is 2.16. The van der Waals surface area contributed by atoms with Crippen LogP contribution in [0.15, 0.2) is 43.0 Å². The Morgan fingerprint density at radius 2 is 1.77 bits per heavy atom. The Morgan fingerprint density at radius 1 is 1.09 bits per heavy atom. The van der Waals surface area contributed by atoms with Crippen molar-refractivity contribution in [2.75, 3.05) is 6.61 Å². The van der Waals surface area contributed by atoms with Gasteiger partial charge in [-0.15, -0.1) is 6.58 Å². The van der Waals surface area contributed by atoms with Crippen LogP contribution in [-0.4, -0.2) is 6.61 Å². The van der Waals surface area contributed by atoms with Crippen molar-refractivity contribution < 1.29 is 4.74 Å². The van der Waals surface area contributed by atoms with E-state index in [2.05, 4.69) is 56.0 Å². The van der Waals surface area contributed by atoms with Gasteiger partial charge in [0.2, 0.25) is 0 Å². The van der Waals surface area contributed by atoms with E-state index in [4.69, 9.17) is 4.74 Å². The number of rotatable bonds is 8. The van der Waals surface area contributed by atoms with Gasteiger partial charge in [-0.2, -0.15) is 0 Å². The lowest BCUT2D eigenvalue weighted by molar-refractivity contribution is 0.118. The number of unbranched alkanes of at least 4 members (excludes halogenated alkanes) is 1. The molecule has 1 aliphatic carbocycles. The molecule has 0 aromatic heterocycles. The van der Waals surface area contributed by atoms with Gasteiger partial charge in [-0.05, 0) is 55.1 Å². The second-order valence-corrected chi connectivity index (χ2v) is 6.42. The molecule has 1 saturated carbocycles. The van der Waals surface area contributed by atoms with Crippen molar-refractivity contribution in [2.45, 2.75) is 52.1 Å². The molecule has 0 N–H and O–H groups in total. The molecule has 0 atom stereocenters. The molecule has 22 heavy (non-hydrogen) atoms. The number of ether oxygens (including phenoxy) is 1. The number of benzene rings is 1. The summed E-state index contributed by atoms with van der Waals surface area (Å²) in [5, 5.41) is 0. The maximum Gasteiger partial charge on any atom is 0.0716 e. The van der Waals surface area contributed by atoms with Gasteiger partial charge >= 0.3 is 0 Å². The van der Waals surface area contributed by atoms with Crippen LogP contribution >= 0.6 is 0 Å². The molecule has 1 aromatic rings. The van der Waals surface area contributed by atoms with Crippen molar-refractivity contribution in [3.8, 4) is 0 Å². The summed E-state index contributed by atoms with van der Waals surface area (Å²) in [4.78, 5) is 0. The van der Waals surface area contributed by atoms with Crippen molar-refractivity contribution in [3.05, 3.63) is 54.1 Å². The summed E-state index contributed by atoms with van der Waals surface area (Å²) in [6.07, 6.45) is 14.3. The van der Waals surface area contributed by atoms with Gasteiger partial charge in [0.15, 0.2) is 0 Å². The second-order valence-electron chi connectivity index (χ2n) is 6.42. The first-order valence-corrected chi connectivity index (χ1v) is 8.79. The van der Waals surface area contributed by atoms with Crippen LogP contribution in [0.1, 0.15) is 56.6 Å². The van der Waals surface area contributed by atoms with Crippen LogP contribution in [0.5, 0.6) is 0 Å². The Kier molecular flexibility index (Phi) is 7.45. The van der Waals surface area contributed by atoms with Gasteiger partial charge in [0.1, 0.15) is 0 Å². The van der Waals surface area contributed by atoms with Gasteiger partial charge in [-0.1, -0.05) is 55.8 Å². The Hall–Kier alpha value is -1.34. The van der Waals surface area contributed by atoms with Gasteiger partial charge in [0.25, 0.3) is 0 Å². The van der Waals surface area contributed by atoms with Gasteiger partial charge in [0, 0.05) is 6.61 Å². The van der Waals surface area contributed by atoms with Crippen molar-refractivity contribution >= 4 is 6.08 Å². The Bertz CT molecular complexity index is 449. The van der Waals surface area contributed by atoms with Crippen LogP contribution < -0.4 is 0 Å². The minimum absolute atomic E-state index is 0.732. The molecule has 0 heterocycles. The molecular weight excluding hydrogens is 268 g/mol. The fourth-order valence-corrected chi connectivity index (χ4v) is 2.98. The highest BCUT2D eigenvalue weighted by atomic mass is 16.5. The molecule has 1 aliphatic rings. The molecule has 0 saturated heterocycles. The third-order valence-electron chi connectivity index (χ3n) is 4.60. The van der Waals surface area contributed by atoms with Crippen LogP contribution in [0, 0.1) is 11.8 Å². The highest BCUT2D eigenvalue weighted by Crippen LogP contribution is 2.30. The van der Waals surface area contributed by atoms with Gasteiger partial charge in [-0.25, -0.2) is 0 Å². The summed E-state index contributed by atoms with van der Waals surface area (Å²) < 4.78 is 5.65. The van der Waals surface area contributed by atoms with Crippen LogP contribution in [-0.2, 0) is 11.3 Å². The molecule has 1 fully saturated rings. The van der Waals surface area contributed by atoms with Crippen LogP contribution in [0.25, 0.3) is 6.08 Å². The van der Waals surface area contributed by atoms with E-state index in [1.165, 1.54) is 43.2 Å². The summed E-state index contributed by atoms with van der Waals surface area (Å²) in [7, 11) is 0. The molecule has 1 heteroatoms. The predicted octanol–water partition coefficient (Wildman–Crippen LogP) is 6.01. The van der Waals surface area contributed by atoms with E-state index in [1.807, 2.05) is 0 Å². The van der Waals surface area contributed by atoms with E-state index in [9.17, 15) is 0 Å². The average Bonchev–Trinajstić information content (AvgIpc) is 2.58. The van der Waals surface area contributed by atoms with Gasteiger partial charge in [0.05, 0.1) is 6.61 Å². The Labute approximate surface area is 136 Å². The first-order chi connectivity index (χ1) is 10.8. The lowest BCUT2D eigenvalue weighted by Crippen LogP contribution is -2.10. The summed E-state index contributed by atoms with van der Waals surface area (Å²) in [5.41, 5.74) is 2.56. The molecule has 2 rings (SSSR count). The minimum Gasteiger partial charge on any atom is -0.377 e. The summed E-state index contributed by atoms with van der Waals surface area (Å²) in [5.74, 6) is 1.49. The van der Waals surface area contributed by atoms with Crippen molar-refractivity contribution in [2.24, 2.45) is 11.8 Å². The molecule has 120 valence electrons. The van der Waals surface area contributed by atoms with Crippen molar-refractivity contribution in [1.29, 1.82) is 0 Å². The second kappa shape index (κ2) is 9.63. The normalized spacial score (nSPS) is 22.0. The van der Waals surface area contributed by atoms with Gasteiger partial charge < -0.3 is 4.74 Å². The summed E-state index contributed by atoms with van der Waals surface area (Å²) in [6.45, 7) is 7.70. The lowest BCUT2D eigenvalue weighted by atomic mass is 9.82. The molecule has 0 amide bonds. The minimum atomic E-state index is 0.732. The topological polar surface area (TPSA) is 9.23 Å². The smallest absolute Gasteiger partial charge is 0.0716 e. The molecule has 0 aliphatic heterocycles. The predicted molar refractivity (Wildman–Crippen MR) is 95.7 cm³/mol. The van der Waals surface area contributed by atoms with E-state index in [0.29, 0.717) is 0 Å². The summed E-state index contributed by atoms with van der Waals surface area (Å²) >= 11 is 0. The number of hydrogen-bond donors (Lipinski definition) is 0. The van der Waals surface area contributed by atoms with Crippen LogP contribution in [0.3, 0.4) is 0 Å². The Balaban J connectivity index is 1.76. The van der Waals surface area contributed by atoms with E-state index in [0.717, 1.165) is 31.5 Å². The monoisotopic (exact) mass is 298 g/mol. The zero-order chi connectivity index (χ0) is 15.6. The third kappa shape index (κ3) is 5.81. The van der Waals surface area contributed by atoms with Crippen LogP contribution in [0.4, 0.5) is 0 Å². The molecule has 1 nitrogen and oxygen atoms in total. The fourth-order valence-electron chi connectivity index (χ4n) is 2.98.